The quantitative estimate of drug-likeness (QED) is 0.493. The number of anilines is 1. The fourth-order valence-corrected chi connectivity index (χ4v) is 2.33. The van der Waals surface area contributed by atoms with Gasteiger partial charge in [-0.05, 0) is 47.9 Å². The van der Waals surface area contributed by atoms with E-state index in [1.807, 2.05) is 25.1 Å². The smallest absolute Gasteiger partial charge is 0.203 e. The maximum Gasteiger partial charge on any atom is 0.203 e. The molecule has 0 aliphatic carbocycles. The third-order valence-electron chi connectivity index (χ3n) is 3.71. The predicted octanol–water partition coefficient (Wildman–Crippen LogP) is 4.09. The average Bonchev–Trinajstić information content (AvgIpc) is 2.61. The molecule has 0 saturated heterocycles. The van der Waals surface area contributed by atoms with Crippen LogP contribution in [-0.4, -0.2) is 21.3 Å². The minimum atomic E-state index is 0. The molecule has 0 saturated carbocycles. The maximum absolute atomic E-state index is 9.56. The summed E-state index contributed by atoms with van der Waals surface area (Å²) in [4.78, 5) is 0. The van der Waals surface area contributed by atoms with E-state index in [0.717, 1.165) is 11.1 Å². The van der Waals surface area contributed by atoms with Gasteiger partial charge in [-0.3, -0.25) is 0 Å². The highest BCUT2D eigenvalue weighted by Crippen LogP contribution is 2.40. The summed E-state index contributed by atoms with van der Waals surface area (Å²) in [7, 11) is 4.62. The normalized spacial score (nSPS) is 10.4. The molecule has 0 aliphatic heterocycles. The Kier molecular flexibility index (Phi) is 7.16. The zero-order chi connectivity index (χ0) is 17.7. The number of nitrogens with two attached hydrogens (primary N) is 1. The van der Waals surface area contributed by atoms with Crippen molar-refractivity contribution in [3.8, 4) is 23.3 Å². The van der Waals surface area contributed by atoms with Gasteiger partial charge < -0.3 is 19.9 Å². The fourth-order valence-electron chi connectivity index (χ4n) is 2.33. The summed E-state index contributed by atoms with van der Waals surface area (Å²) in [5.74, 6) is 1.48. The van der Waals surface area contributed by atoms with Crippen molar-refractivity contribution in [3.05, 3.63) is 47.0 Å². The maximum atomic E-state index is 9.56. The van der Waals surface area contributed by atoms with Crippen LogP contribution in [0.3, 0.4) is 0 Å². The second-order valence-electron chi connectivity index (χ2n) is 5.20. The van der Waals surface area contributed by atoms with Crippen LogP contribution in [0.5, 0.6) is 17.2 Å². The molecule has 0 aromatic heterocycles. The Hall–Kier alpha value is -2.84. The van der Waals surface area contributed by atoms with Gasteiger partial charge in [-0.25, -0.2) is 0 Å². The van der Waals surface area contributed by atoms with Crippen LogP contribution in [0.4, 0.5) is 5.69 Å². The van der Waals surface area contributed by atoms with Crippen LogP contribution < -0.4 is 19.9 Å². The first-order valence-corrected chi connectivity index (χ1v) is 7.32. The van der Waals surface area contributed by atoms with Crippen LogP contribution in [0.15, 0.2) is 30.3 Å². The van der Waals surface area contributed by atoms with Gasteiger partial charge in [-0.2, -0.15) is 5.26 Å². The minimum absolute atomic E-state index is 0. The number of aryl methyl sites for hydroxylation is 1. The van der Waals surface area contributed by atoms with E-state index >= 15 is 0 Å². The lowest BCUT2D eigenvalue weighted by molar-refractivity contribution is 0.324. The van der Waals surface area contributed by atoms with E-state index in [4.69, 9.17) is 19.9 Å². The lowest BCUT2D eigenvalue weighted by Crippen LogP contribution is -1.97. The van der Waals surface area contributed by atoms with E-state index in [-0.39, 0.29) is 12.4 Å². The lowest BCUT2D eigenvalue weighted by atomic mass is 10.0. The molecule has 0 radical (unpaired) electrons. The highest BCUT2D eigenvalue weighted by Gasteiger charge is 2.15. The molecule has 25 heavy (non-hydrogen) atoms. The summed E-state index contributed by atoms with van der Waals surface area (Å²) >= 11 is 0. The van der Waals surface area contributed by atoms with Crippen molar-refractivity contribution in [2.75, 3.05) is 27.1 Å². The summed E-state index contributed by atoms with van der Waals surface area (Å²) < 4.78 is 16.0. The molecule has 0 fully saturated rings. The lowest BCUT2D eigenvalue weighted by Gasteiger charge is -2.14. The highest BCUT2D eigenvalue weighted by atomic mass is 35.5. The van der Waals surface area contributed by atoms with E-state index in [9.17, 15) is 5.26 Å². The largest absolute Gasteiger partial charge is 0.493 e. The first kappa shape index (κ1) is 20.2. The molecule has 0 unspecified atom stereocenters. The molecule has 0 amide bonds. The Morgan fingerprint density at radius 1 is 1.04 bits per heavy atom. The van der Waals surface area contributed by atoms with E-state index in [0.29, 0.717) is 34.1 Å². The Balaban J connectivity index is 0.00000312. The number of hydrogen-bond acceptors (Lipinski definition) is 5. The van der Waals surface area contributed by atoms with Gasteiger partial charge in [0, 0.05) is 5.69 Å². The topological polar surface area (TPSA) is 77.5 Å². The second kappa shape index (κ2) is 8.86. The van der Waals surface area contributed by atoms with Crippen LogP contribution in [0.2, 0.25) is 0 Å². The molecule has 0 bridgehead atoms. The molecular weight excluding hydrogens is 340 g/mol. The second-order valence-corrected chi connectivity index (χ2v) is 5.20. The number of methoxy groups -OCH3 is 3. The molecule has 0 heterocycles. The molecule has 2 aromatic carbocycles. The SMILES string of the molecule is COc1cc(/C(C#N)=C\c2ccc(C)c(N)c2)cc(OC)c1OC.Cl. The van der Waals surface area contributed by atoms with E-state index in [1.54, 1.807) is 18.2 Å². The third-order valence-corrected chi connectivity index (χ3v) is 3.71. The number of nitrogens with zero attached hydrogens (tertiary/aromatic N) is 1. The number of rotatable bonds is 5. The minimum Gasteiger partial charge on any atom is -0.493 e. The van der Waals surface area contributed by atoms with Crippen LogP contribution in [0.1, 0.15) is 16.7 Å². The molecular formula is C19H21ClN2O3. The number of nitriles is 1. The van der Waals surface area contributed by atoms with Gasteiger partial charge in [0.25, 0.3) is 0 Å². The van der Waals surface area contributed by atoms with Crippen molar-refractivity contribution in [1.82, 2.24) is 0 Å². The highest BCUT2D eigenvalue weighted by molar-refractivity contribution is 5.91. The number of halogens is 1. The van der Waals surface area contributed by atoms with Crippen LogP contribution in [0, 0.1) is 18.3 Å². The predicted molar refractivity (Wildman–Crippen MR) is 102 cm³/mol. The van der Waals surface area contributed by atoms with Gasteiger partial charge in [0.1, 0.15) is 0 Å². The van der Waals surface area contributed by atoms with Crippen molar-refractivity contribution in [3.63, 3.8) is 0 Å². The summed E-state index contributed by atoms with van der Waals surface area (Å²) in [6.45, 7) is 1.94. The van der Waals surface area contributed by atoms with Gasteiger partial charge in [0.15, 0.2) is 11.5 Å². The van der Waals surface area contributed by atoms with Crippen molar-refractivity contribution < 1.29 is 14.2 Å². The van der Waals surface area contributed by atoms with Crippen molar-refractivity contribution in [2.24, 2.45) is 0 Å². The molecule has 5 nitrogen and oxygen atoms in total. The Bertz CT molecular complexity index is 801. The first-order chi connectivity index (χ1) is 11.5. The number of ether oxygens (including phenoxy) is 3. The van der Waals surface area contributed by atoms with Gasteiger partial charge in [-0.1, -0.05) is 12.1 Å². The number of benzene rings is 2. The average molecular weight is 361 g/mol. The first-order valence-electron chi connectivity index (χ1n) is 7.32. The molecule has 0 atom stereocenters. The van der Waals surface area contributed by atoms with Gasteiger partial charge in [-0.15, -0.1) is 12.4 Å². The standard InChI is InChI=1S/C19H20N2O3.ClH/c1-12-5-6-13(8-16(12)21)7-15(11-20)14-9-17(22-2)19(24-4)18(10-14)23-3;/h5-10H,21H2,1-4H3;1H/b15-7-;. The zero-order valence-electron chi connectivity index (χ0n) is 14.6. The van der Waals surface area contributed by atoms with Crippen LogP contribution in [0.25, 0.3) is 11.6 Å². The summed E-state index contributed by atoms with van der Waals surface area (Å²) in [6, 6.07) is 11.4. The molecule has 2 aromatic rings. The van der Waals surface area contributed by atoms with Crippen molar-refractivity contribution >= 4 is 29.7 Å². The molecule has 2 N–H and O–H groups in total. The van der Waals surface area contributed by atoms with Crippen LogP contribution >= 0.6 is 12.4 Å². The molecule has 132 valence electrons. The van der Waals surface area contributed by atoms with Gasteiger partial charge in [0.2, 0.25) is 5.75 Å². The number of hydrogen-bond donors (Lipinski definition) is 1. The number of allylic oxidation sites excluding steroid dienone is 1. The molecule has 6 heteroatoms. The van der Waals surface area contributed by atoms with Crippen molar-refractivity contribution in [1.29, 1.82) is 5.26 Å². The number of nitrogen functional groups attached to an aromatic ring is 1. The van der Waals surface area contributed by atoms with Gasteiger partial charge in [0.05, 0.1) is 33.0 Å². The third kappa shape index (κ3) is 4.37. The van der Waals surface area contributed by atoms with E-state index < -0.39 is 0 Å². The summed E-state index contributed by atoms with van der Waals surface area (Å²) in [5, 5.41) is 9.56. The molecule has 0 spiro atoms. The van der Waals surface area contributed by atoms with Crippen molar-refractivity contribution in [2.45, 2.75) is 6.92 Å². The van der Waals surface area contributed by atoms with Gasteiger partial charge >= 0.3 is 0 Å². The summed E-state index contributed by atoms with van der Waals surface area (Å²) in [5.41, 5.74) is 9.61. The van der Waals surface area contributed by atoms with E-state index in [2.05, 4.69) is 6.07 Å². The van der Waals surface area contributed by atoms with Crippen LogP contribution in [-0.2, 0) is 0 Å². The van der Waals surface area contributed by atoms with E-state index in [1.165, 1.54) is 21.3 Å². The molecule has 2 rings (SSSR count). The molecule has 0 aliphatic rings. The Labute approximate surface area is 154 Å². The zero-order valence-corrected chi connectivity index (χ0v) is 15.4. The monoisotopic (exact) mass is 360 g/mol. The fraction of sp³-hybridized carbons (Fsp3) is 0.211. The summed E-state index contributed by atoms with van der Waals surface area (Å²) in [6.07, 6.45) is 1.77. The Morgan fingerprint density at radius 2 is 1.64 bits per heavy atom. The Morgan fingerprint density at radius 3 is 2.08 bits per heavy atom.